The lowest BCUT2D eigenvalue weighted by Crippen LogP contribution is -2.19. The Morgan fingerprint density at radius 1 is 0.826 bits per heavy atom. The smallest absolute Gasteiger partial charge is 0.345 e. The summed E-state index contributed by atoms with van der Waals surface area (Å²) in [5.41, 5.74) is 0.173. The molecule has 0 heterocycles. The lowest BCUT2D eigenvalue weighted by Gasteiger charge is -2.03. The van der Waals surface area contributed by atoms with Crippen LogP contribution in [0.1, 0.15) is 36.5 Å². The van der Waals surface area contributed by atoms with Crippen molar-refractivity contribution in [3.63, 3.8) is 0 Å². The fraction of sp³-hybridized carbons (Fsp3) is 0.312. The molecule has 1 aromatic carbocycles. The molecule has 0 saturated carbocycles. The number of benzene rings is 1. The molecule has 0 fully saturated rings. The zero-order valence-electron chi connectivity index (χ0n) is 12.6. The standard InChI is InChI=1S/C16H16O7/c1-2-22-14(19)9-12(17)8-13(18)10-15(20)23-16(21)11-6-4-3-5-7-11/h3-7H,2,8-10H2,1H3. The molecule has 23 heavy (non-hydrogen) atoms. The van der Waals surface area contributed by atoms with Gasteiger partial charge in [-0.05, 0) is 19.1 Å². The van der Waals surface area contributed by atoms with Gasteiger partial charge < -0.3 is 9.47 Å². The number of ketones is 2. The van der Waals surface area contributed by atoms with Gasteiger partial charge in [-0.15, -0.1) is 0 Å². The zero-order valence-corrected chi connectivity index (χ0v) is 12.6. The summed E-state index contributed by atoms with van der Waals surface area (Å²) in [6.07, 6.45) is -1.84. The van der Waals surface area contributed by atoms with Crippen LogP contribution in [-0.2, 0) is 28.7 Å². The Kier molecular flexibility index (Phi) is 7.32. The van der Waals surface area contributed by atoms with E-state index >= 15 is 0 Å². The summed E-state index contributed by atoms with van der Waals surface area (Å²) in [5, 5.41) is 0. The fourth-order valence-electron chi connectivity index (χ4n) is 1.65. The van der Waals surface area contributed by atoms with Crippen molar-refractivity contribution in [2.45, 2.75) is 26.2 Å². The van der Waals surface area contributed by atoms with Gasteiger partial charge in [-0.1, -0.05) is 18.2 Å². The molecule has 0 aliphatic heterocycles. The largest absolute Gasteiger partial charge is 0.466 e. The van der Waals surface area contributed by atoms with E-state index in [9.17, 15) is 24.0 Å². The maximum atomic E-state index is 11.6. The first kappa shape index (κ1) is 18.2. The summed E-state index contributed by atoms with van der Waals surface area (Å²) in [6.45, 7) is 1.72. The Bertz CT molecular complexity index is 604. The number of esters is 3. The minimum atomic E-state index is -1.05. The van der Waals surface area contributed by atoms with E-state index in [0.29, 0.717) is 0 Å². The minimum absolute atomic E-state index is 0.133. The predicted molar refractivity (Wildman–Crippen MR) is 77.4 cm³/mol. The van der Waals surface area contributed by atoms with Gasteiger partial charge in [-0.3, -0.25) is 19.2 Å². The predicted octanol–water partition coefficient (Wildman–Crippen LogP) is 1.24. The highest BCUT2D eigenvalue weighted by molar-refractivity contribution is 6.10. The topological polar surface area (TPSA) is 104 Å². The average Bonchev–Trinajstić information content (AvgIpc) is 2.47. The SMILES string of the molecule is CCOC(=O)CC(=O)CC(=O)CC(=O)OC(=O)c1ccccc1. The third-order valence-corrected chi connectivity index (χ3v) is 2.60. The Labute approximate surface area is 132 Å². The first-order valence-corrected chi connectivity index (χ1v) is 6.91. The van der Waals surface area contributed by atoms with E-state index in [4.69, 9.17) is 0 Å². The molecule has 0 atom stereocenters. The third kappa shape index (κ3) is 7.12. The quantitative estimate of drug-likeness (QED) is 0.524. The highest BCUT2D eigenvalue weighted by Crippen LogP contribution is 2.04. The highest BCUT2D eigenvalue weighted by Gasteiger charge is 2.20. The van der Waals surface area contributed by atoms with Gasteiger partial charge in [0.2, 0.25) is 0 Å². The Morgan fingerprint density at radius 2 is 1.39 bits per heavy atom. The van der Waals surface area contributed by atoms with E-state index in [-0.39, 0.29) is 12.2 Å². The molecule has 0 bridgehead atoms. The second-order valence-electron chi connectivity index (χ2n) is 4.54. The lowest BCUT2D eigenvalue weighted by molar-refractivity contribution is -0.145. The summed E-state index contributed by atoms with van der Waals surface area (Å²) in [4.78, 5) is 57.1. The summed E-state index contributed by atoms with van der Waals surface area (Å²) in [7, 11) is 0. The van der Waals surface area contributed by atoms with Gasteiger partial charge in [-0.2, -0.15) is 0 Å². The maximum Gasteiger partial charge on any atom is 0.345 e. The first-order chi connectivity index (χ1) is 10.9. The monoisotopic (exact) mass is 320 g/mol. The van der Waals surface area contributed by atoms with Crippen LogP contribution >= 0.6 is 0 Å². The van der Waals surface area contributed by atoms with E-state index in [1.165, 1.54) is 12.1 Å². The van der Waals surface area contributed by atoms with Crippen LogP contribution < -0.4 is 0 Å². The number of hydrogen-bond acceptors (Lipinski definition) is 7. The lowest BCUT2D eigenvalue weighted by atomic mass is 10.1. The molecule has 0 saturated heterocycles. The first-order valence-electron chi connectivity index (χ1n) is 6.91. The molecule has 0 N–H and O–H groups in total. The molecule has 0 aliphatic rings. The molecule has 0 unspecified atom stereocenters. The van der Waals surface area contributed by atoms with Crippen LogP contribution in [0.4, 0.5) is 0 Å². The minimum Gasteiger partial charge on any atom is -0.466 e. The van der Waals surface area contributed by atoms with Gasteiger partial charge in [0.05, 0.1) is 18.6 Å². The van der Waals surface area contributed by atoms with Crippen LogP contribution in [-0.4, -0.2) is 36.1 Å². The molecule has 0 amide bonds. The molecule has 0 radical (unpaired) electrons. The second kappa shape index (κ2) is 9.24. The molecule has 7 heteroatoms. The fourth-order valence-corrected chi connectivity index (χ4v) is 1.65. The number of carbonyl (C=O) groups is 5. The van der Waals surface area contributed by atoms with Crippen molar-refractivity contribution in [2.75, 3.05) is 6.61 Å². The van der Waals surface area contributed by atoms with Gasteiger partial charge in [0.1, 0.15) is 12.8 Å². The molecule has 7 nitrogen and oxygen atoms in total. The summed E-state index contributed by atoms with van der Waals surface area (Å²) in [5.74, 6) is -4.04. The molecular weight excluding hydrogens is 304 g/mol. The van der Waals surface area contributed by atoms with Gasteiger partial charge in [0.15, 0.2) is 11.6 Å². The van der Waals surface area contributed by atoms with Gasteiger partial charge in [0, 0.05) is 0 Å². The van der Waals surface area contributed by atoms with E-state index in [0.717, 1.165) is 0 Å². The van der Waals surface area contributed by atoms with E-state index < -0.39 is 48.7 Å². The summed E-state index contributed by atoms with van der Waals surface area (Å²) < 4.78 is 9.08. The molecule has 1 aromatic rings. The Morgan fingerprint density at radius 3 is 1.96 bits per heavy atom. The average molecular weight is 320 g/mol. The van der Waals surface area contributed by atoms with Crippen LogP contribution in [0.3, 0.4) is 0 Å². The van der Waals surface area contributed by atoms with Crippen molar-refractivity contribution in [1.82, 2.24) is 0 Å². The number of Topliss-reactive ketones (excluding diaryl/α,β-unsaturated/α-hetero) is 2. The zero-order chi connectivity index (χ0) is 17.2. The normalized spacial score (nSPS) is 9.78. The molecule has 1 rings (SSSR count). The van der Waals surface area contributed by atoms with Crippen LogP contribution in [0.5, 0.6) is 0 Å². The molecule has 0 aromatic heterocycles. The maximum absolute atomic E-state index is 11.6. The van der Waals surface area contributed by atoms with Crippen molar-refractivity contribution in [3.8, 4) is 0 Å². The van der Waals surface area contributed by atoms with Crippen LogP contribution in [0.25, 0.3) is 0 Å². The molecular formula is C16H16O7. The van der Waals surface area contributed by atoms with Crippen molar-refractivity contribution in [2.24, 2.45) is 0 Å². The molecule has 0 aliphatic carbocycles. The van der Waals surface area contributed by atoms with Crippen LogP contribution in [0, 0.1) is 0 Å². The van der Waals surface area contributed by atoms with E-state index in [2.05, 4.69) is 9.47 Å². The highest BCUT2D eigenvalue weighted by atomic mass is 16.6. The number of ether oxygens (including phenoxy) is 2. The Hall–Kier alpha value is -2.83. The van der Waals surface area contributed by atoms with Gasteiger partial charge in [-0.25, -0.2) is 4.79 Å². The van der Waals surface area contributed by atoms with Gasteiger partial charge in [0.25, 0.3) is 0 Å². The van der Waals surface area contributed by atoms with Crippen LogP contribution in [0.2, 0.25) is 0 Å². The second-order valence-corrected chi connectivity index (χ2v) is 4.54. The number of carbonyl (C=O) groups excluding carboxylic acids is 5. The number of hydrogen-bond donors (Lipinski definition) is 0. The summed E-state index contributed by atoms with van der Waals surface area (Å²) >= 11 is 0. The van der Waals surface area contributed by atoms with E-state index in [1.54, 1.807) is 25.1 Å². The van der Waals surface area contributed by atoms with Crippen molar-refractivity contribution >= 4 is 29.5 Å². The molecule has 0 spiro atoms. The summed E-state index contributed by atoms with van der Waals surface area (Å²) in [6, 6.07) is 7.80. The third-order valence-electron chi connectivity index (χ3n) is 2.60. The number of rotatable bonds is 8. The molecule has 122 valence electrons. The van der Waals surface area contributed by atoms with Crippen molar-refractivity contribution < 1.29 is 33.4 Å². The van der Waals surface area contributed by atoms with Crippen molar-refractivity contribution in [3.05, 3.63) is 35.9 Å². The van der Waals surface area contributed by atoms with Gasteiger partial charge >= 0.3 is 17.9 Å². The Balaban J connectivity index is 2.39. The van der Waals surface area contributed by atoms with E-state index in [1.807, 2.05) is 0 Å². The van der Waals surface area contributed by atoms with Crippen LogP contribution in [0.15, 0.2) is 30.3 Å². The van der Waals surface area contributed by atoms with Crippen molar-refractivity contribution in [1.29, 1.82) is 0 Å².